The Labute approximate surface area is 111 Å². The normalized spacial score (nSPS) is 10.5. The minimum atomic E-state index is -1.09. The standard InChI is InChI=1S/C13H18N2O4/c1-4-7-14(9(2)3)12-8-10(13(16)17)5-6-11(12)15(18)19/h5-6,8-9H,4,7H2,1-3H3,(H,16,17). The SMILES string of the molecule is CCCN(c1cc(C(=O)O)ccc1[N+](=O)[O-])C(C)C. The average molecular weight is 266 g/mol. The smallest absolute Gasteiger partial charge is 0.335 e. The van der Waals surface area contributed by atoms with Crippen molar-refractivity contribution < 1.29 is 14.8 Å². The molecular weight excluding hydrogens is 248 g/mol. The molecule has 0 amide bonds. The molecule has 0 saturated carbocycles. The number of carboxylic acid groups (broad SMARTS) is 1. The average Bonchev–Trinajstić information content (AvgIpc) is 2.34. The molecule has 0 heterocycles. The quantitative estimate of drug-likeness (QED) is 0.632. The van der Waals surface area contributed by atoms with Crippen LogP contribution >= 0.6 is 0 Å². The van der Waals surface area contributed by atoms with Crippen LogP contribution < -0.4 is 4.90 Å². The molecule has 0 bridgehead atoms. The highest BCUT2D eigenvalue weighted by atomic mass is 16.6. The molecule has 0 unspecified atom stereocenters. The molecule has 1 rings (SSSR count). The number of carboxylic acids is 1. The maximum absolute atomic E-state index is 11.1. The van der Waals surface area contributed by atoms with Crippen molar-refractivity contribution in [2.45, 2.75) is 33.2 Å². The number of benzene rings is 1. The topological polar surface area (TPSA) is 83.7 Å². The molecule has 0 aliphatic carbocycles. The summed E-state index contributed by atoms with van der Waals surface area (Å²) < 4.78 is 0. The summed E-state index contributed by atoms with van der Waals surface area (Å²) in [6.45, 7) is 6.46. The molecule has 0 saturated heterocycles. The molecule has 6 heteroatoms. The van der Waals surface area contributed by atoms with Gasteiger partial charge in [0.25, 0.3) is 5.69 Å². The fraction of sp³-hybridized carbons (Fsp3) is 0.462. The fourth-order valence-electron chi connectivity index (χ4n) is 1.94. The lowest BCUT2D eigenvalue weighted by molar-refractivity contribution is -0.384. The molecular formula is C13H18N2O4. The van der Waals surface area contributed by atoms with Crippen LogP contribution in [-0.4, -0.2) is 28.6 Å². The zero-order chi connectivity index (χ0) is 14.6. The molecule has 1 aromatic rings. The van der Waals surface area contributed by atoms with E-state index >= 15 is 0 Å². The van der Waals surface area contributed by atoms with Crippen LogP contribution in [0.5, 0.6) is 0 Å². The Balaban J connectivity index is 3.37. The van der Waals surface area contributed by atoms with Crippen molar-refractivity contribution in [3.05, 3.63) is 33.9 Å². The lowest BCUT2D eigenvalue weighted by Gasteiger charge is -2.28. The van der Waals surface area contributed by atoms with Crippen LogP contribution in [0.15, 0.2) is 18.2 Å². The molecule has 0 radical (unpaired) electrons. The van der Waals surface area contributed by atoms with Crippen LogP contribution in [0, 0.1) is 10.1 Å². The third-order valence-electron chi connectivity index (χ3n) is 2.82. The van der Waals surface area contributed by atoms with E-state index in [4.69, 9.17) is 5.11 Å². The summed E-state index contributed by atoms with van der Waals surface area (Å²) in [6, 6.07) is 3.94. The summed E-state index contributed by atoms with van der Waals surface area (Å²) in [7, 11) is 0. The molecule has 6 nitrogen and oxygen atoms in total. The van der Waals surface area contributed by atoms with Gasteiger partial charge in [-0.15, -0.1) is 0 Å². The molecule has 1 N–H and O–H groups in total. The highest BCUT2D eigenvalue weighted by Gasteiger charge is 2.22. The minimum Gasteiger partial charge on any atom is -0.478 e. The van der Waals surface area contributed by atoms with Crippen molar-refractivity contribution in [2.24, 2.45) is 0 Å². The number of hydrogen-bond acceptors (Lipinski definition) is 4. The molecule has 0 fully saturated rings. The first kappa shape index (κ1) is 14.9. The van der Waals surface area contributed by atoms with Gasteiger partial charge in [0.1, 0.15) is 5.69 Å². The van der Waals surface area contributed by atoms with E-state index in [1.54, 1.807) is 0 Å². The number of aromatic carboxylic acids is 1. The van der Waals surface area contributed by atoms with Crippen LogP contribution in [0.4, 0.5) is 11.4 Å². The van der Waals surface area contributed by atoms with Crippen molar-refractivity contribution in [1.82, 2.24) is 0 Å². The molecule has 0 spiro atoms. The van der Waals surface area contributed by atoms with Gasteiger partial charge in [-0.1, -0.05) is 6.92 Å². The third kappa shape index (κ3) is 3.43. The zero-order valence-corrected chi connectivity index (χ0v) is 11.3. The van der Waals surface area contributed by atoms with Gasteiger partial charge in [-0.25, -0.2) is 4.79 Å². The molecule has 0 aliphatic heterocycles. The van der Waals surface area contributed by atoms with Gasteiger partial charge in [0.2, 0.25) is 0 Å². The number of hydrogen-bond donors (Lipinski definition) is 1. The number of nitro benzene ring substituents is 1. The molecule has 19 heavy (non-hydrogen) atoms. The van der Waals surface area contributed by atoms with E-state index in [0.717, 1.165) is 6.42 Å². The van der Waals surface area contributed by atoms with E-state index in [1.165, 1.54) is 18.2 Å². The zero-order valence-electron chi connectivity index (χ0n) is 11.3. The summed E-state index contributed by atoms with van der Waals surface area (Å²) in [5.41, 5.74) is 0.358. The molecule has 0 atom stereocenters. The Morgan fingerprint density at radius 3 is 2.53 bits per heavy atom. The fourth-order valence-corrected chi connectivity index (χ4v) is 1.94. The van der Waals surface area contributed by atoms with Crippen molar-refractivity contribution in [3.8, 4) is 0 Å². The van der Waals surface area contributed by atoms with Crippen molar-refractivity contribution in [2.75, 3.05) is 11.4 Å². The van der Waals surface area contributed by atoms with Crippen LogP contribution in [-0.2, 0) is 0 Å². The van der Waals surface area contributed by atoms with E-state index < -0.39 is 10.9 Å². The second-order valence-electron chi connectivity index (χ2n) is 4.55. The predicted molar refractivity (Wildman–Crippen MR) is 72.8 cm³/mol. The number of rotatable bonds is 6. The summed E-state index contributed by atoms with van der Waals surface area (Å²) >= 11 is 0. The molecule has 104 valence electrons. The first-order valence-corrected chi connectivity index (χ1v) is 6.16. The van der Waals surface area contributed by atoms with E-state index in [0.29, 0.717) is 12.2 Å². The first-order valence-electron chi connectivity index (χ1n) is 6.16. The van der Waals surface area contributed by atoms with Crippen LogP contribution in [0.3, 0.4) is 0 Å². The monoisotopic (exact) mass is 266 g/mol. The second-order valence-corrected chi connectivity index (χ2v) is 4.55. The van der Waals surface area contributed by atoms with Gasteiger partial charge in [0, 0.05) is 18.7 Å². The highest BCUT2D eigenvalue weighted by molar-refractivity contribution is 5.90. The molecule has 0 aliphatic rings. The van der Waals surface area contributed by atoms with E-state index in [-0.39, 0.29) is 17.3 Å². The summed E-state index contributed by atoms with van der Waals surface area (Å²) in [6.07, 6.45) is 0.826. The maximum Gasteiger partial charge on any atom is 0.335 e. The van der Waals surface area contributed by atoms with Crippen molar-refractivity contribution in [3.63, 3.8) is 0 Å². The number of nitrogens with zero attached hydrogens (tertiary/aromatic N) is 2. The van der Waals surface area contributed by atoms with Crippen LogP contribution in [0.2, 0.25) is 0 Å². The van der Waals surface area contributed by atoms with Gasteiger partial charge in [-0.05, 0) is 32.4 Å². The number of carbonyl (C=O) groups is 1. The highest BCUT2D eigenvalue weighted by Crippen LogP contribution is 2.30. The molecule has 0 aromatic heterocycles. The Morgan fingerprint density at radius 2 is 2.11 bits per heavy atom. The van der Waals surface area contributed by atoms with Crippen LogP contribution in [0.25, 0.3) is 0 Å². The second kappa shape index (κ2) is 6.17. The summed E-state index contributed by atoms with van der Waals surface area (Å²) in [4.78, 5) is 23.4. The minimum absolute atomic E-state index is 0.0577. The lowest BCUT2D eigenvalue weighted by Crippen LogP contribution is -2.32. The van der Waals surface area contributed by atoms with E-state index in [9.17, 15) is 14.9 Å². The number of anilines is 1. The first-order chi connectivity index (χ1) is 8.88. The largest absolute Gasteiger partial charge is 0.478 e. The van der Waals surface area contributed by atoms with Crippen LogP contribution in [0.1, 0.15) is 37.6 Å². The Bertz CT molecular complexity index is 486. The van der Waals surface area contributed by atoms with E-state index in [2.05, 4.69) is 0 Å². The van der Waals surface area contributed by atoms with Gasteiger partial charge in [0.05, 0.1) is 10.5 Å². The van der Waals surface area contributed by atoms with Gasteiger partial charge < -0.3 is 10.0 Å². The Morgan fingerprint density at radius 1 is 1.47 bits per heavy atom. The van der Waals surface area contributed by atoms with Gasteiger partial charge in [-0.3, -0.25) is 10.1 Å². The van der Waals surface area contributed by atoms with E-state index in [1.807, 2.05) is 25.7 Å². The third-order valence-corrected chi connectivity index (χ3v) is 2.82. The van der Waals surface area contributed by atoms with Gasteiger partial charge in [0.15, 0.2) is 0 Å². The maximum atomic E-state index is 11.1. The lowest BCUT2D eigenvalue weighted by atomic mass is 10.1. The predicted octanol–water partition coefficient (Wildman–Crippen LogP) is 2.92. The van der Waals surface area contributed by atoms with Crippen molar-refractivity contribution >= 4 is 17.3 Å². The van der Waals surface area contributed by atoms with Gasteiger partial charge >= 0.3 is 5.97 Å². The molecule has 1 aromatic carbocycles. The number of nitro groups is 1. The Hall–Kier alpha value is -2.11. The van der Waals surface area contributed by atoms with Gasteiger partial charge in [-0.2, -0.15) is 0 Å². The summed E-state index contributed by atoms with van der Waals surface area (Å²) in [5, 5.41) is 20.1. The summed E-state index contributed by atoms with van der Waals surface area (Å²) in [5.74, 6) is -1.09. The van der Waals surface area contributed by atoms with Crippen molar-refractivity contribution in [1.29, 1.82) is 0 Å². The Kier molecular flexibility index (Phi) is 4.86.